The summed E-state index contributed by atoms with van der Waals surface area (Å²) in [5, 5.41) is 21.8. The molecule has 1 aromatic carbocycles. The number of nitrogens with one attached hydrogen (secondary N) is 1. The molecule has 1 aliphatic rings. The van der Waals surface area contributed by atoms with Gasteiger partial charge in [0.15, 0.2) is 5.82 Å². The minimum atomic E-state index is -0.325. The molecule has 0 bridgehead atoms. The first-order chi connectivity index (χ1) is 10.7. The normalized spacial score (nSPS) is 18.0. The highest BCUT2D eigenvalue weighted by molar-refractivity contribution is 5.88. The van der Waals surface area contributed by atoms with Gasteiger partial charge in [-0.05, 0) is 25.5 Å². The zero-order valence-electron chi connectivity index (χ0n) is 12.5. The first kappa shape index (κ1) is 14.3. The molecule has 1 unspecified atom stereocenters. The average molecular weight is 295 g/mol. The van der Waals surface area contributed by atoms with E-state index in [0.29, 0.717) is 30.0 Å². The quantitative estimate of drug-likeness (QED) is 0.885. The molecule has 22 heavy (non-hydrogen) atoms. The lowest BCUT2D eigenvalue weighted by atomic mass is 10.1. The molecular weight excluding hydrogens is 278 g/mol. The third-order valence-electron chi connectivity index (χ3n) is 3.78. The van der Waals surface area contributed by atoms with Gasteiger partial charge in [-0.25, -0.2) is 15.4 Å². The fraction of sp³-hybridized carbons (Fsp3) is 0.312. The Bertz CT molecular complexity index is 793. The van der Waals surface area contributed by atoms with Crippen LogP contribution in [-0.4, -0.2) is 27.7 Å². The molecule has 0 saturated carbocycles. The summed E-state index contributed by atoms with van der Waals surface area (Å²) in [6.45, 7) is 4.57. The van der Waals surface area contributed by atoms with Crippen molar-refractivity contribution in [2.45, 2.75) is 26.3 Å². The first-order valence-electron chi connectivity index (χ1n) is 7.33. The summed E-state index contributed by atoms with van der Waals surface area (Å²) in [5.74, 6) is 0.590. The molecule has 1 aliphatic heterocycles. The predicted molar refractivity (Wildman–Crippen MR) is 84.9 cm³/mol. The zero-order valence-corrected chi connectivity index (χ0v) is 12.5. The summed E-state index contributed by atoms with van der Waals surface area (Å²) in [6, 6.07) is 9.27. The Kier molecular flexibility index (Phi) is 3.65. The van der Waals surface area contributed by atoms with Crippen LogP contribution in [0.4, 0.5) is 5.82 Å². The number of nitrogens with zero attached hydrogens (tertiary/aromatic N) is 4. The number of rotatable bonds is 2. The smallest absolute Gasteiger partial charge is 0.171 e. The van der Waals surface area contributed by atoms with Crippen LogP contribution in [0.1, 0.15) is 26.0 Å². The highest BCUT2D eigenvalue weighted by atomic mass is 16.3. The Morgan fingerprint density at radius 2 is 1.95 bits per heavy atom. The lowest BCUT2D eigenvalue weighted by Crippen LogP contribution is -2.45. The Morgan fingerprint density at radius 3 is 2.55 bits per heavy atom. The number of hydrazine groups is 1. The third kappa shape index (κ3) is 2.16. The van der Waals surface area contributed by atoms with Crippen LogP contribution in [0.2, 0.25) is 0 Å². The Balaban J connectivity index is 2.32. The summed E-state index contributed by atoms with van der Waals surface area (Å²) < 4.78 is 0. The minimum Gasteiger partial charge on any atom is -0.509 e. The lowest BCUT2D eigenvalue weighted by Gasteiger charge is -2.26. The van der Waals surface area contributed by atoms with Crippen molar-refractivity contribution in [3.05, 3.63) is 35.7 Å². The summed E-state index contributed by atoms with van der Waals surface area (Å²) in [5.41, 5.74) is 5.29. The number of para-hydroxylation sites is 2. The van der Waals surface area contributed by atoms with Crippen LogP contribution in [-0.2, 0) is 0 Å². The number of aliphatic hydroxyl groups excluding tert-OH is 1. The standard InChI is InChI=1S/C16H17N5O/c1-3-11-15(22)10(9-17)14-16(21(4-2)20-11)19-13-8-6-5-7-12(13)18-14/h5-8,11,20,22H,3-4H2,1-2H3. The second kappa shape index (κ2) is 5.62. The first-order valence-corrected chi connectivity index (χ1v) is 7.33. The molecule has 6 heteroatoms. The van der Waals surface area contributed by atoms with E-state index >= 15 is 0 Å². The predicted octanol–water partition coefficient (Wildman–Crippen LogP) is 2.55. The van der Waals surface area contributed by atoms with Crippen LogP contribution in [0.15, 0.2) is 30.0 Å². The van der Waals surface area contributed by atoms with Gasteiger partial charge in [0.1, 0.15) is 23.1 Å². The molecule has 0 amide bonds. The highest BCUT2D eigenvalue weighted by Crippen LogP contribution is 2.31. The van der Waals surface area contributed by atoms with Gasteiger partial charge in [-0.3, -0.25) is 5.01 Å². The molecule has 2 heterocycles. The highest BCUT2D eigenvalue weighted by Gasteiger charge is 2.29. The largest absolute Gasteiger partial charge is 0.509 e. The number of hydrogen-bond acceptors (Lipinski definition) is 6. The second-order valence-corrected chi connectivity index (χ2v) is 5.09. The molecule has 6 nitrogen and oxygen atoms in total. The van der Waals surface area contributed by atoms with Gasteiger partial charge in [-0.2, -0.15) is 5.26 Å². The van der Waals surface area contributed by atoms with E-state index < -0.39 is 0 Å². The van der Waals surface area contributed by atoms with E-state index in [1.165, 1.54) is 0 Å². The molecule has 2 aromatic rings. The van der Waals surface area contributed by atoms with Gasteiger partial charge in [0.25, 0.3) is 0 Å². The second-order valence-electron chi connectivity index (χ2n) is 5.09. The van der Waals surface area contributed by atoms with Crippen molar-refractivity contribution >= 4 is 22.4 Å². The fourth-order valence-electron chi connectivity index (χ4n) is 2.59. The maximum Gasteiger partial charge on any atom is 0.171 e. The number of allylic oxidation sites excluding steroid dienone is 1. The number of aliphatic hydroxyl groups is 1. The van der Waals surface area contributed by atoms with E-state index in [4.69, 9.17) is 0 Å². The Labute approximate surface area is 128 Å². The summed E-state index contributed by atoms with van der Waals surface area (Å²) in [4.78, 5) is 9.19. The van der Waals surface area contributed by atoms with Crippen molar-refractivity contribution in [1.29, 1.82) is 5.26 Å². The van der Waals surface area contributed by atoms with Crippen molar-refractivity contribution in [2.24, 2.45) is 0 Å². The topological polar surface area (TPSA) is 85.1 Å². The van der Waals surface area contributed by atoms with E-state index in [9.17, 15) is 10.4 Å². The average Bonchev–Trinajstić information content (AvgIpc) is 2.66. The van der Waals surface area contributed by atoms with Gasteiger partial charge >= 0.3 is 0 Å². The van der Waals surface area contributed by atoms with Crippen LogP contribution in [0.3, 0.4) is 0 Å². The molecule has 0 saturated heterocycles. The number of hydrogen-bond donors (Lipinski definition) is 2. The lowest BCUT2D eigenvalue weighted by molar-refractivity contribution is 0.335. The van der Waals surface area contributed by atoms with Crippen molar-refractivity contribution in [2.75, 3.05) is 11.6 Å². The van der Waals surface area contributed by atoms with E-state index in [2.05, 4.69) is 21.5 Å². The molecule has 1 atom stereocenters. The van der Waals surface area contributed by atoms with Crippen molar-refractivity contribution in [1.82, 2.24) is 15.4 Å². The molecule has 0 aliphatic carbocycles. The molecule has 112 valence electrons. The van der Waals surface area contributed by atoms with Crippen molar-refractivity contribution < 1.29 is 5.11 Å². The molecule has 1 aromatic heterocycles. The van der Waals surface area contributed by atoms with E-state index in [-0.39, 0.29) is 17.4 Å². The molecule has 0 fully saturated rings. The number of nitriles is 1. The Hall–Kier alpha value is -2.65. The maximum absolute atomic E-state index is 10.4. The number of aromatic nitrogens is 2. The van der Waals surface area contributed by atoms with E-state index in [0.717, 1.165) is 5.52 Å². The van der Waals surface area contributed by atoms with Crippen LogP contribution in [0, 0.1) is 11.3 Å². The van der Waals surface area contributed by atoms with E-state index in [1.807, 2.05) is 43.1 Å². The van der Waals surface area contributed by atoms with Crippen LogP contribution in [0.5, 0.6) is 0 Å². The molecular formula is C16H17N5O. The summed E-state index contributed by atoms with van der Waals surface area (Å²) in [6.07, 6.45) is 0.654. The van der Waals surface area contributed by atoms with Gasteiger partial charge in [0.05, 0.1) is 17.1 Å². The monoisotopic (exact) mass is 295 g/mol. The number of anilines is 1. The molecule has 0 radical (unpaired) electrons. The van der Waals surface area contributed by atoms with Gasteiger partial charge in [0.2, 0.25) is 0 Å². The number of fused-ring (bicyclic) bond motifs is 2. The SMILES string of the molecule is CCC1NN(CC)c2nc3ccccc3nc2C(C#N)=C1O. The third-order valence-corrected chi connectivity index (χ3v) is 3.78. The van der Waals surface area contributed by atoms with Crippen LogP contribution >= 0.6 is 0 Å². The van der Waals surface area contributed by atoms with Gasteiger partial charge in [-0.15, -0.1) is 0 Å². The number of benzene rings is 1. The van der Waals surface area contributed by atoms with E-state index in [1.54, 1.807) is 0 Å². The van der Waals surface area contributed by atoms with Crippen molar-refractivity contribution in [3.8, 4) is 6.07 Å². The van der Waals surface area contributed by atoms with Crippen molar-refractivity contribution in [3.63, 3.8) is 0 Å². The zero-order chi connectivity index (χ0) is 15.7. The molecule has 0 spiro atoms. The van der Waals surface area contributed by atoms with Crippen LogP contribution in [0.25, 0.3) is 16.6 Å². The summed E-state index contributed by atoms with van der Waals surface area (Å²) in [7, 11) is 0. The molecule has 2 N–H and O–H groups in total. The van der Waals surface area contributed by atoms with Gasteiger partial charge in [-0.1, -0.05) is 19.1 Å². The van der Waals surface area contributed by atoms with Gasteiger partial charge < -0.3 is 5.11 Å². The van der Waals surface area contributed by atoms with Gasteiger partial charge in [0, 0.05) is 6.54 Å². The van der Waals surface area contributed by atoms with Crippen LogP contribution < -0.4 is 10.4 Å². The summed E-state index contributed by atoms with van der Waals surface area (Å²) >= 11 is 0. The Morgan fingerprint density at radius 1 is 1.27 bits per heavy atom. The fourth-order valence-corrected chi connectivity index (χ4v) is 2.59. The maximum atomic E-state index is 10.4. The minimum absolute atomic E-state index is 0.0202. The molecule has 3 rings (SSSR count).